The van der Waals surface area contributed by atoms with Crippen LogP contribution in [0.3, 0.4) is 0 Å². The zero-order chi connectivity index (χ0) is 22.1. The number of rotatable bonds is 9. The molecule has 0 atom stereocenters. The van der Waals surface area contributed by atoms with Crippen LogP contribution in [-0.2, 0) is 9.59 Å². The number of nitrogens with zero attached hydrogens (tertiary/aromatic N) is 2. The summed E-state index contributed by atoms with van der Waals surface area (Å²) in [5, 5.41) is 5.82. The number of amides is 2. The lowest BCUT2D eigenvalue weighted by atomic mass is 10.1. The molecule has 2 amide bonds. The Labute approximate surface area is 198 Å². The summed E-state index contributed by atoms with van der Waals surface area (Å²) in [6.07, 6.45) is -0.697. The van der Waals surface area contributed by atoms with Gasteiger partial charge in [-0.1, -0.05) is 53.1 Å². The fourth-order valence-electron chi connectivity index (χ4n) is 2.70. The molecular weight excluding hydrogens is 477 g/mol. The van der Waals surface area contributed by atoms with E-state index >= 15 is 0 Å². The fraction of sp³-hybridized carbons (Fsp3) is 0.474. The number of thioether (sulfide) groups is 4. The maximum atomic E-state index is 12.6. The van der Waals surface area contributed by atoms with Crippen molar-refractivity contribution in [2.75, 3.05) is 50.3 Å². The van der Waals surface area contributed by atoms with E-state index in [1.165, 1.54) is 23.5 Å². The average molecular weight is 501 g/mol. The van der Waals surface area contributed by atoms with Gasteiger partial charge < -0.3 is 20.1 Å². The van der Waals surface area contributed by atoms with E-state index < -0.39 is 6.17 Å². The van der Waals surface area contributed by atoms with Gasteiger partial charge in [-0.3, -0.25) is 19.6 Å². The minimum atomic E-state index is -0.697. The van der Waals surface area contributed by atoms with Gasteiger partial charge in [-0.15, -0.1) is 0 Å². The van der Waals surface area contributed by atoms with Crippen LogP contribution in [0, 0.1) is 0 Å². The van der Waals surface area contributed by atoms with Crippen molar-refractivity contribution < 1.29 is 19.1 Å². The number of nitrogens with one attached hydrogen (secondary N) is 2. The zero-order valence-electron chi connectivity index (χ0n) is 17.2. The summed E-state index contributed by atoms with van der Waals surface area (Å²) in [7, 11) is 3.10. The van der Waals surface area contributed by atoms with Gasteiger partial charge in [0.05, 0.1) is 38.8 Å². The number of hydrogen-bond acceptors (Lipinski definition) is 10. The van der Waals surface area contributed by atoms with E-state index in [2.05, 4.69) is 20.6 Å². The van der Waals surface area contributed by atoms with Crippen LogP contribution in [0.1, 0.15) is 11.7 Å². The molecule has 0 bridgehead atoms. The Morgan fingerprint density at radius 1 is 0.968 bits per heavy atom. The van der Waals surface area contributed by atoms with Gasteiger partial charge in [0.15, 0.2) is 11.5 Å². The predicted molar refractivity (Wildman–Crippen MR) is 133 cm³/mol. The molecular formula is C19H24N4O4S4. The maximum Gasteiger partial charge on any atom is 0.232 e. The third-order valence-corrected chi connectivity index (χ3v) is 8.63. The highest BCUT2D eigenvalue weighted by atomic mass is 32.2. The van der Waals surface area contributed by atoms with Gasteiger partial charge >= 0.3 is 0 Å². The molecule has 8 nitrogen and oxygen atoms in total. The number of methoxy groups -OCH3 is 2. The lowest BCUT2D eigenvalue weighted by Gasteiger charge is -2.22. The van der Waals surface area contributed by atoms with Crippen LogP contribution in [0.25, 0.3) is 0 Å². The molecule has 2 aliphatic rings. The summed E-state index contributed by atoms with van der Waals surface area (Å²) < 4.78 is 12.5. The number of aliphatic imine (C=N–C) groups is 2. The first-order chi connectivity index (χ1) is 15.1. The van der Waals surface area contributed by atoms with Crippen LogP contribution in [0.5, 0.6) is 11.5 Å². The maximum absolute atomic E-state index is 12.6. The average Bonchev–Trinajstić information content (AvgIpc) is 3.49. The first-order valence-corrected chi connectivity index (χ1v) is 13.4. The molecule has 0 fully saturated rings. The van der Waals surface area contributed by atoms with Gasteiger partial charge in [-0.25, -0.2) is 0 Å². The largest absolute Gasteiger partial charge is 0.493 e. The molecule has 12 heteroatoms. The van der Waals surface area contributed by atoms with Crippen LogP contribution in [0.15, 0.2) is 28.2 Å². The van der Waals surface area contributed by atoms with E-state index in [0.717, 1.165) is 33.3 Å². The quantitative estimate of drug-likeness (QED) is 0.499. The molecule has 2 aliphatic heterocycles. The van der Waals surface area contributed by atoms with Crippen molar-refractivity contribution in [3.63, 3.8) is 0 Å². The molecule has 168 valence electrons. The highest BCUT2D eigenvalue weighted by Crippen LogP contribution is 2.30. The van der Waals surface area contributed by atoms with Crippen molar-refractivity contribution in [2.24, 2.45) is 9.98 Å². The van der Waals surface area contributed by atoms with E-state index in [-0.39, 0.29) is 23.3 Å². The van der Waals surface area contributed by atoms with Crippen LogP contribution < -0.4 is 20.1 Å². The van der Waals surface area contributed by atoms with Gasteiger partial charge in [0.25, 0.3) is 0 Å². The molecule has 0 radical (unpaired) electrons. The van der Waals surface area contributed by atoms with Crippen molar-refractivity contribution in [1.82, 2.24) is 10.6 Å². The SMILES string of the molecule is COc1ccc(C(NC(=O)CSC2=NCCS2)NC(=O)CSC2=NCCS2)cc1OC. The van der Waals surface area contributed by atoms with E-state index in [9.17, 15) is 9.59 Å². The summed E-state index contributed by atoms with van der Waals surface area (Å²) in [5.41, 5.74) is 0.689. The predicted octanol–water partition coefficient (Wildman–Crippen LogP) is 2.61. The van der Waals surface area contributed by atoms with Crippen molar-refractivity contribution in [3.05, 3.63) is 23.8 Å². The third-order valence-electron chi connectivity index (χ3n) is 4.12. The molecule has 1 aromatic rings. The van der Waals surface area contributed by atoms with E-state index in [1.54, 1.807) is 55.9 Å². The Hall–Kier alpha value is -1.50. The van der Waals surface area contributed by atoms with Crippen LogP contribution >= 0.6 is 47.0 Å². The van der Waals surface area contributed by atoms with E-state index in [0.29, 0.717) is 17.1 Å². The molecule has 1 aromatic carbocycles. The first kappa shape index (κ1) is 24.1. The lowest BCUT2D eigenvalue weighted by molar-refractivity contribution is -0.121. The Morgan fingerprint density at radius 3 is 1.97 bits per heavy atom. The molecule has 0 saturated carbocycles. The van der Waals surface area contributed by atoms with Gasteiger partial charge in [0.2, 0.25) is 11.8 Å². The smallest absolute Gasteiger partial charge is 0.232 e. The molecule has 0 aromatic heterocycles. The molecule has 3 rings (SSSR count). The molecule has 2 heterocycles. The topological polar surface area (TPSA) is 101 Å². The van der Waals surface area contributed by atoms with Crippen molar-refractivity contribution in [3.8, 4) is 11.5 Å². The Bertz CT molecular complexity index is 823. The minimum Gasteiger partial charge on any atom is -0.493 e. The number of benzene rings is 1. The number of ether oxygens (including phenoxy) is 2. The fourth-order valence-corrected chi connectivity index (χ4v) is 6.34. The first-order valence-electron chi connectivity index (χ1n) is 9.50. The number of hydrogen-bond donors (Lipinski definition) is 2. The summed E-state index contributed by atoms with van der Waals surface area (Å²) in [6, 6.07) is 5.29. The monoisotopic (exact) mass is 500 g/mol. The molecule has 2 N–H and O–H groups in total. The van der Waals surface area contributed by atoms with Crippen molar-refractivity contribution >= 4 is 67.6 Å². The van der Waals surface area contributed by atoms with Crippen molar-refractivity contribution in [2.45, 2.75) is 6.17 Å². The third kappa shape index (κ3) is 7.55. The molecule has 0 unspecified atom stereocenters. The summed E-state index contributed by atoms with van der Waals surface area (Å²) in [4.78, 5) is 33.8. The normalized spacial score (nSPS) is 15.5. The number of carbonyl (C=O) groups excluding carboxylic acids is 2. The second-order valence-corrected chi connectivity index (χ2v) is 10.9. The molecule has 0 aliphatic carbocycles. The lowest BCUT2D eigenvalue weighted by Crippen LogP contribution is -2.42. The molecule has 0 saturated heterocycles. The Balaban J connectivity index is 1.66. The summed E-state index contributed by atoms with van der Waals surface area (Å²) >= 11 is 6.13. The van der Waals surface area contributed by atoms with Crippen LogP contribution in [0.4, 0.5) is 0 Å². The van der Waals surface area contributed by atoms with Gasteiger partial charge in [-0.05, 0) is 17.7 Å². The molecule has 0 spiro atoms. The van der Waals surface area contributed by atoms with E-state index in [4.69, 9.17) is 9.47 Å². The second-order valence-electron chi connectivity index (χ2n) is 6.25. The zero-order valence-corrected chi connectivity index (χ0v) is 20.5. The number of carbonyl (C=O) groups is 2. The summed E-state index contributed by atoms with van der Waals surface area (Å²) in [5.74, 6) is 3.08. The van der Waals surface area contributed by atoms with Gasteiger partial charge in [0.1, 0.15) is 14.9 Å². The second kappa shape index (κ2) is 12.5. The van der Waals surface area contributed by atoms with E-state index in [1.807, 2.05) is 0 Å². The Morgan fingerprint density at radius 2 is 1.52 bits per heavy atom. The highest BCUT2D eigenvalue weighted by Gasteiger charge is 2.21. The Kier molecular flexibility index (Phi) is 9.75. The van der Waals surface area contributed by atoms with Gasteiger partial charge in [0, 0.05) is 11.5 Å². The standard InChI is InChI=1S/C19H24N4O4S4/c1-26-13-4-3-12(9-14(13)27-2)17(22-15(24)10-30-18-20-5-7-28-18)23-16(25)11-31-19-21-6-8-29-19/h3-4,9,17H,5-8,10-11H2,1-2H3,(H,22,24)(H,23,25). The van der Waals surface area contributed by atoms with Gasteiger partial charge in [-0.2, -0.15) is 0 Å². The minimum absolute atomic E-state index is 0.191. The van der Waals surface area contributed by atoms with Crippen LogP contribution in [0.2, 0.25) is 0 Å². The summed E-state index contributed by atoms with van der Waals surface area (Å²) in [6.45, 7) is 1.58. The highest BCUT2D eigenvalue weighted by molar-refractivity contribution is 8.39. The van der Waals surface area contributed by atoms with Crippen molar-refractivity contribution in [1.29, 1.82) is 0 Å². The van der Waals surface area contributed by atoms with Crippen LogP contribution in [-0.4, -0.2) is 70.9 Å². The molecule has 31 heavy (non-hydrogen) atoms.